The number of aryl methyl sites for hydroxylation is 1. The van der Waals surface area contributed by atoms with Gasteiger partial charge in [0.15, 0.2) is 5.78 Å². The topological polar surface area (TPSA) is 43.4 Å². The molecular weight excluding hydrogens is 300 g/mol. The normalized spacial score (nSPS) is 17.3. The molecule has 3 nitrogen and oxygen atoms in total. The third kappa shape index (κ3) is 4.14. The molecule has 24 heavy (non-hydrogen) atoms. The largest absolute Gasteiger partial charge is 0.430 e. The molecule has 0 saturated carbocycles. The molecule has 0 atom stereocenters. The van der Waals surface area contributed by atoms with Crippen molar-refractivity contribution >= 4 is 17.3 Å². The number of hydrogen-bond donors (Lipinski definition) is 0. The van der Waals surface area contributed by atoms with Crippen LogP contribution in [0.2, 0.25) is 0 Å². The first kappa shape index (κ1) is 18.4. The molecule has 1 aliphatic rings. The second-order valence-corrected chi connectivity index (χ2v) is 7.54. The Labute approximate surface area is 145 Å². The van der Waals surface area contributed by atoms with E-state index < -0.39 is 0 Å². The lowest BCUT2D eigenvalue weighted by molar-refractivity contribution is -0.145. The number of esters is 1. The number of Topliss-reactive ketones (excluding diaryl/α,β-unsaturated/α-hetero) is 1. The first-order valence-corrected chi connectivity index (χ1v) is 8.82. The molecule has 0 aliphatic heterocycles. The number of benzene rings is 1. The van der Waals surface area contributed by atoms with E-state index >= 15 is 0 Å². The third-order valence-corrected chi connectivity index (χ3v) is 4.72. The molecule has 2 rings (SSSR count). The van der Waals surface area contributed by atoms with Crippen molar-refractivity contribution < 1.29 is 14.3 Å². The molecule has 0 unspecified atom stereocenters. The minimum Gasteiger partial charge on any atom is -0.430 e. The Bertz CT molecular complexity index is 646. The van der Waals surface area contributed by atoms with Crippen molar-refractivity contribution in [3.8, 4) is 0 Å². The van der Waals surface area contributed by atoms with Gasteiger partial charge in [0, 0.05) is 12.8 Å². The molecule has 130 valence electrons. The van der Waals surface area contributed by atoms with Gasteiger partial charge in [-0.2, -0.15) is 0 Å². The Hall–Kier alpha value is -1.90. The van der Waals surface area contributed by atoms with Gasteiger partial charge in [0.1, 0.15) is 5.76 Å². The van der Waals surface area contributed by atoms with Gasteiger partial charge in [-0.15, -0.1) is 0 Å². The van der Waals surface area contributed by atoms with Crippen molar-refractivity contribution in [2.45, 2.75) is 60.3 Å². The molecule has 0 radical (unpaired) electrons. The highest BCUT2D eigenvalue weighted by atomic mass is 16.5. The molecule has 0 bridgehead atoms. The number of allylic oxidation sites excluding steroid dienone is 2. The van der Waals surface area contributed by atoms with Crippen LogP contribution in [0.1, 0.15) is 64.5 Å². The molecule has 0 saturated heterocycles. The van der Waals surface area contributed by atoms with Crippen molar-refractivity contribution in [2.24, 2.45) is 11.3 Å². The average Bonchev–Trinajstić information content (AvgIpc) is 2.48. The molecule has 1 aromatic carbocycles. The van der Waals surface area contributed by atoms with Gasteiger partial charge in [0.25, 0.3) is 0 Å². The second-order valence-electron chi connectivity index (χ2n) is 7.54. The Balaban J connectivity index is 2.44. The van der Waals surface area contributed by atoms with E-state index in [1.807, 2.05) is 58.9 Å². The summed E-state index contributed by atoms with van der Waals surface area (Å²) in [6, 6.07) is 7.84. The van der Waals surface area contributed by atoms with E-state index in [9.17, 15) is 9.59 Å². The monoisotopic (exact) mass is 328 g/mol. The summed E-state index contributed by atoms with van der Waals surface area (Å²) >= 11 is 0. The number of hydrogen-bond acceptors (Lipinski definition) is 3. The first-order valence-electron chi connectivity index (χ1n) is 8.82. The van der Waals surface area contributed by atoms with E-state index in [1.54, 1.807) is 0 Å². The quantitative estimate of drug-likeness (QED) is 0.708. The summed E-state index contributed by atoms with van der Waals surface area (Å²) in [5.41, 5.74) is 2.37. The molecule has 3 heteroatoms. The van der Waals surface area contributed by atoms with Crippen molar-refractivity contribution in [1.82, 2.24) is 0 Å². The molecule has 1 aromatic rings. The minimum absolute atomic E-state index is 0.0578. The predicted molar refractivity (Wildman–Crippen MR) is 96.3 cm³/mol. The van der Waals surface area contributed by atoms with Crippen LogP contribution in [0, 0.1) is 18.3 Å². The number of rotatable bonds is 5. The lowest BCUT2D eigenvalue weighted by Gasteiger charge is -2.32. The SMILES string of the molecule is CCC(CC)C(=O)OC1=C(c2ccc(C)cc2)C(=O)CC(C)(C)C1. The summed E-state index contributed by atoms with van der Waals surface area (Å²) in [5, 5.41) is 0. The standard InChI is InChI=1S/C21H28O3/c1-6-15(7-2)20(23)24-18-13-21(4,5)12-17(22)19(18)16-10-8-14(3)9-11-16/h8-11,15H,6-7,12-13H2,1-5H3. The van der Waals surface area contributed by atoms with Crippen LogP contribution in [0.5, 0.6) is 0 Å². The van der Waals surface area contributed by atoms with Crippen LogP contribution in [0.3, 0.4) is 0 Å². The summed E-state index contributed by atoms with van der Waals surface area (Å²) in [6.45, 7) is 10.1. The number of ether oxygens (including phenoxy) is 1. The molecule has 1 aliphatic carbocycles. The molecule has 0 spiro atoms. The zero-order chi connectivity index (χ0) is 17.9. The van der Waals surface area contributed by atoms with E-state index in [2.05, 4.69) is 0 Å². The third-order valence-electron chi connectivity index (χ3n) is 4.72. The minimum atomic E-state index is -0.217. The number of carbonyl (C=O) groups excluding carboxylic acids is 2. The number of carbonyl (C=O) groups is 2. The summed E-state index contributed by atoms with van der Waals surface area (Å²) in [7, 11) is 0. The fourth-order valence-corrected chi connectivity index (χ4v) is 3.22. The predicted octanol–water partition coefficient (Wildman–Crippen LogP) is 5.07. The smallest absolute Gasteiger partial charge is 0.314 e. The molecule has 0 heterocycles. The molecule has 0 N–H and O–H groups in total. The fourth-order valence-electron chi connectivity index (χ4n) is 3.22. The van der Waals surface area contributed by atoms with Gasteiger partial charge < -0.3 is 4.74 Å². The molecule has 0 fully saturated rings. The lowest BCUT2D eigenvalue weighted by atomic mass is 9.75. The number of ketones is 1. The maximum absolute atomic E-state index is 12.7. The van der Waals surface area contributed by atoms with Crippen LogP contribution in [-0.4, -0.2) is 11.8 Å². The zero-order valence-electron chi connectivity index (χ0n) is 15.4. The highest BCUT2D eigenvalue weighted by molar-refractivity contribution is 6.22. The summed E-state index contributed by atoms with van der Waals surface area (Å²) in [5.74, 6) is 0.265. The van der Waals surface area contributed by atoms with Gasteiger partial charge in [-0.05, 0) is 30.7 Å². The summed E-state index contributed by atoms with van der Waals surface area (Å²) in [4.78, 5) is 25.2. The molecule has 0 aromatic heterocycles. The maximum Gasteiger partial charge on any atom is 0.314 e. The maximum atomic E-state index is 12.7. The van der Waals surface area contributed by atoms with Gasteiger partial charge in [-0.1, -0.05) is 57.5 Å². The zero-order valence-corrected chi connectivity index (χ0v) is 15.4. The van der Waals surface area contributed by atoms with E-state index in [0.717, 1.165) is 24.0 Å². The van der Waals surface area contributed by atoms with Crippen molar-refractivity contribution in [3.63, 3.8) is 0 Å². The Morgan fingerprint density at radius 3 is 2.25 bits per heavy atom. The van der Waals surface area contributed by atoms with Gasteiger partial charge in [0.2, 0.25) is 0 Å². The fraction of sp³-hybridized carbons (Fsp3) is 0.524. The van der Waals surface area contributed by atoms with Crippen molar-refractivity contribution in [1.29, 1.82) is 0 Å². The van der Waals surface area contributed by atoms with Gasteiger partial charge in [-0.25, -0.2) is 0 Å². The molecular formula is C21H28O3. The van der Waals surface area contributed by atoms with Gasteiger partial charge in [-0.3, -0.25) is 9.59 Å². The van der Waals surface area contributed by atoms with E-state index in [0.29, 0.717) is 24.2 Å². The van der Waals surface area contributed by atoms with Gasteiger partial charge >= 0.3 is 5.97 Å². The highest BCUT2D eigenvalue weighted by Crippen LogP contribution is 2.41. The van der Waals surface area contributed by atoms with Crippen LogP contribution in [0.4, 0.5) is 0 Å². The molecule has 0 amide bonds. The van der Waals surface area contributed by atoms with Crippen LogP contribution in [0.15, 0.2) is 30.0 Å². The Morgan fingerprint density at radius 2 is 1.71 bits per heavy atom. The van der Waals surface area contributed by atoms with Crippen LogP contribution in [-0.2, 0) is 14.3 Å². The van der Waals surface area contributed by atoms with Crippen molar-refractivity contribution in [2.75, 3.05) is 0 Å². The summed E-state index contributed by atoms with van der Waals surface area (Å²) < 4.78 is 5.76. The van der Waals surface area contributed by atoms with E-state index in [1.165, 1.54) is 0 Å². The average molecular weight is 328 g/mol. The van der Waals surface area contributed by atoms with Crippen LogP contribution < -0.4 is 0 Å². The van der Waals surface area contributed by atoms with E-state index in [-0.39, 0.29) is 23.1 Å². The Morgan fingerprint density at radius 1 is 1.12 bits per heavy atom. The van der Waals surface area contributed by atoms with Crippen LogP contribution in [0.25, 0.3) is 5.57 Å². The van der Waals surface area contributed by atoms with Crippen molar-refractivity contribution in [3.05, 3.63) is 41.2 Å². The summed E-state index contributed by atoms with van der Waals surface area (Å²) in [6.07, 6.45) is 2.58. The highest BCUT2D eigenvalue weighted by Gasteiger charge is 2.36. The Kier molecular flexibility index (Phi) is 5.63. The van der Waals surface area contributed by atoms with E-state index in [4.69, 9.17) is 4.74 Å². The first-order chi connectivity index (χ1) is 11.3. The lowest BCUT2D eigenvalue weighted by Crippen LogP contribution is -2.28. The second kappa shape index (κ2) is 7.33. The van der Waals surface area contributed by atoms with Crippen LogP contribution >= 0.6 is 0 Å². The van der Waals surface area contributed by atoms with Gasteiger partial charge in [0.05, 0.1) is 11.5 Å².